The molecule has 4 rings (SSSR count). The summed E-state index contributed by atoms with van der Waals surface area (Å²) in [5, 5.41) is 0. The van der Waals surface area contributed by atoms with Crippen LogP contribution in [0.5, 0.6) is 0 Å². The van der Waals surface area contributed by atoms with E-state index in [0.717, 1.165) is 48.6 Å². The van der Waals surface area contributed by atoms with Crippen LogP contribution in [0, 0.1) is 0 Å². The van der Waals surface area contributed by atoms with Crippen LogP contribution in [-0.4, -0.2) is 56.6 Å². The lowest BCUT2D eigenvalue weighted by Gasteiger charge is -2.35. The molecule has 0 bridgehead atoms. The van der Waals surface area contributed by atoms with Gasteiger partial charge in [0, 0.05) is 50.1 Å². The van der Waals surface area contributed by atoms with Crippen molar-refractivity contribution >= 4 is 41.3 Å². The van der Waals surface area contributed by atoms with Gasteiger partial charge in [-0.2, -0.15) is 0 Å². The van der Waals surface area contributed by atoms with E-state index in [9.17, 15) is 4.79 Å². The topological polar surface area (TPSA) is 58.3 Å². The van der Waals surface area contributed by atoms with Gasteiger partial charge in [-0.3, -0.25) is 4.79 Å². The fourth-order valence-corrected chi connectivity index (χ4v) is 3.64. The molecule has 0 aromatic heterocycles. The number of anilines is 2. The Morgan fingerprint density at radius 1 is 0.852 bits per heavy atom. The Kier molecular flexibility index (Phi) is 6.65. The van der Waals surface area contributed by atoms with Crippen LogP contribution >= 0.6 is 12.4 Å². The van der Waals surface area contributed by atoms with E-state index in [-0.39, 0.29) is 23.8 Å². The number of carbonyl (C=O) groups is 1. The summed E-state index contributed by atoms with van der Waals surface area (Å²) in [5.74, 6) is 0.0642. The van der Waals surface area contributed by atoms with Gasteiger partial charge in [-0.15, -0.1) is 12.4 Å². The molecule has 0 saturated carbocycles. The van der Waals surface area contributed by atoms with Crippen molar-refractivity contribution in [3.05, 3.63) is 59.7 Å². The van der Waals surface area contributed by atoms with Crippen LogP contribution in [0.1, 0.15) is 11.1 Å². The number of rotatable bonds is 2. The number of para-hydroxylation sites is 2. The molecule has 0 unspecified atom stereocenters. The Bertz CT molecular complexity index is 845. The van der Waals surface area contributed by atoms with Gasteiger partial charge in [0.25, 0.3) is 5.91 Å². The molecule has 2 N–H and O–H groups in total. The first-order valence-corrected chi connectivity index (χ1v) is 8.77. The molecule has 6 heteroatoms. The second kappa shape index (κ2) is 8.57. The first-order chi connectivity index (χ1) is 12.1. The quantitative estimate of drug-likeness (QED) is 0.744. The Balaban J connectivity index is 0.00000131. The lowest BCUT2D eigenvalue weighted by Crippen LogP contribution is -2.44. The highest BCUT2D eigenvalue weighted by atomic mass is 35.5. The molecule has 2 heterocycles. The summed E-state index contributed by atoms with van der Waals surface area (Å²) < 4.78 is 0. The molecule has 0 aliphatic carbocycles. The number of hydrogen-bond donors (Lipinski definition) is 0. The fourth-order valence-electron chi connectivity index (χ4n) is 3.64. The van der Waals surface area contributed by atoms with Gasteiger partial charge in [-0.05, 0) is 30.8 Å². The standard InChI is InChI=1S/C21H23N3O.ClH.H2O/c1-22-11-13-24(14-12-22)19-9-5-3-7-16(19)15-18-17-8-4-6-10-20(17)23(2)21(18)25;;/h3-10,15H,11-14H2,1-2H3;1H;1H2/b18-15+;;. The van der Waals surface area contributed by atoms with Crippen LogP contribution < -0.4 is 9.80 Å². The molecule has 144 valence electrons. The normalized spacial score (nSPS) is 18.1. The van der Waals surface area contributed by atoms with E-state index >= 15 is 0 Å². The molecule has 2 aromatic carbocycles. The van der Waals surface area contributed by atoms with Gasteiger partial charge in [0.15, 0.2) is 0 Å². The van der Waals surface area contributed by atoms with E-state index in [1.54, 1.807) is 4.90 Å². The third-order valence-corrected chi connectivity index (χ3v) is 5.17. The van der Waals surface area contributed by atoms with Crippen molar-refractivity contribution in [1.82, 2.24) is 4.90 Å². The molecule has 27 heavy (non-hydrogen) atoms. The molecular weight excluding hydrogens is 362 g/mol. The molecule has 1 saturated heterocycles. The van der Waals surface area contributed by atoms with Crippen molar-refractivity contribution in [3.63, 3.8) is 0 Å². The van der Waals surface area contributed by atoms with Crippen molar-refractivity contribution in [2.45, 2.75) is 0 Å². The first kappa shape index (κ1) is 21.0. The molecule has 0 radical (unpaired) electrons. The smallest absolute Gasteiger partial charge is 0.258 e. The number of halogens is 1. The predicted octanol–water partition coefficient (Wildman–Crippen LogP) is 2.55. The molecule has 0 atom stereocenters. The number of fused-ring (bicyclic) bond motifs is 1. The van der Waals surface area contributed by atoms with E-state index in [1.165, 1.54) is 5.69 Å². The zero-order chi connectivity index (χ0) is 17.4. The molecule has 1 fully saturated rings. The molecule has 2 aliphatic rings. The van der Waals surface area contributed by atoms with Gasteiger partial charge >= 0.3 is 0 Å². The molecule has 0 spiro atoms. The summed E-state index contributed by atoms with van der Waals surface area (Å²) in [6, 6.07) is 16.4. The number of benzene rings is 2. The average molecular weight is 388 g/mol. The van der Waals surface area contributed by atoms with Crippen LogP contribution in [0.4, 0.5) is 11.4 Å². The van der Waals surface area contributed by atoms with Gasteiger partial charge in [-0.25, -0.2) is 0 Å². The summed E-state index contributed by atoms with van der Waals surface area (Å²) in [5.41, 5.74) is 5.10. The number of nitrogens with zero attached hydrogens (tertiary/aromatic N) is 3. The van der Waals surface area contributed by atoms with Gasteiger partial charge in [0.05, 0.1) is 5.69 Å². The maximum atomic E-state index is 12.7. The summed E-state index contributed by atoms with van der Waals surface area (Å²) in [7, 11) is 4.00. The number of piperazine rings is 1. The third-order valence-electron chi connectivity index (χ3n) is 5.17. The number of carbonyl (C=O) groups excluding carboxylic acids is 1. The predicted molar refractivity (Wildman–Crippen MR) is 115 cm³/mol. The number of hydrogen-bond acceptors (Lipinski definition) is 3. The highest BCUT2D eigenvalue weighted by molar-refractivity contribution is 6.35. The lowest BCUT2D eigenvalue weighted by atomic mass is 10.0. The molecule has 5 nitrogen and oxygen atoms in total. The minimum atomic E-state index is 0. The second-order valence-electron chi connectivity index (χ2n) is 6.79. The second-order valence-corrected chi connectivity index (χ2v) is 6.79. The highest BCUT2D eigenvalue weighted by Crippen LogP contribution is 2.37. The lowest BCUT2D eigenvalue weighted by molar-refractivity contribution is -0.112. The Morgan fingerprint density at radius 3 is 2.15 bits per heavy atom. The maximum absolute atomic E-state index is 12.7. The first-order valence-electron chi connectivity index (χ1n) is 8.77. The summed E-state index contributed by atoms with van der Waals surface area (Å²) in [4.78, 5) is 19.2. The van der Waals surface area contributed by atoms with Crippen LogP contribution in [0.25, 0.3) is 11.6 Å². The van der Waals surface area contributed by atoms with Crippen molar-refractivity contribution in [2.24, 2.45) is 0 Å². The van der Waals surface area contributed by atoms with Gasteiger partial charge < -0.3 is 20.2 Å². The van der Waals surface area contributed by atoms with Crippen LogP contribution in [0.3, 0.4) is 0 Å². The fraction of sp³-hybridized carbons (Fsp3) is 0.286. The van der Waals surface area contributed by atoms with E-state index in [1.807, 2.05) is 37.4 Å². The molecule has 2 aromatic rings. The number of likely N-dealkylation sites (N-methyl/N-ethyl adjacent to an activating group) is 2. The van der Waals surface area contributed by atoms with E-state index in [0.29, 0.717) is 0 Å². The van der Waals surface area contributed by atoms with Crippen molar-refractivity contribution in [3.8, 4) is 0 Å². The van der Waals surface area contributed by atoms with Gasteiger partial charge in [-0.1, -0.05) is 36.4 Å². The summed E-state index contributed by atoms with van der Waals surface area (Å²) >= 11 is 0. The van der Waals surface area contributed by atoms with E-state index < -0.39 is 0 Å². The Hall–Kier alpha value is -2.34. The van der Waals surface area contributed by atoms with Crippen LogP contribution in [-0.2, 0) is 4.79 Å². The van der Waals surface area contributed by atoms with Gasteiger partial charge in [0.1, 0.15) is 0 Å². The van der Waals surface area contributed by atoms with E-state index in [4.69, 9.17) is 0 Å². The number of amides is 1. The Labute approximate surface area is 166 Å². The highest BCUT2D eigenvalue weighted by Gasteiger charge is 2.29. The SMILES string of the molecule is CN1CCN(c2ccccc2/C=C2/C(=O)N(C)c3ccccc32)CC1.Cl.O. The third kappa shape index (κ3) is 3.86. The minimum absolute atomic E-state index is 0. The Morgan fingerprint density at radius 2 is 1.44 bits per heavy atom. The zero-order valence-corrected chi connectivity index (χ0v) is 16.5. The molecular formula is C21H26ClN3O2. The van der Waals surface area contributed by atoms with Crippen LogP contribution in [0.2, 0.25) is 0 Å². The van der Waals surface area contributed by atoms with Gasteiger partial charge in [0.2, 0.25) is 0 Å². The maximum Gasteiger partial charge on any atom is 0.258 e. The van der Waals surface area contributed by atoms with Crippen molar-refractivity contribution in [1.29, 1.82) is 0 Å². The average Bonchev–Trinajstić information content (AvgIpc) is 2.88. The molecule has 2 aliphatic heterocycles. The minimum Gasteiger partial charge on any atom is -0.412 e. The zero-order valence-electron chi connectivity index (χ0n) is 15.7. The van der Waals surface area contributed by atoms with Crippen molar-refractivity contribution < 1.29 is 10.3 Å². The largest absolute Gasteiger partial charge is 0.412 e. The van der Waals surface area contributed by atoms with Crippen molar-refractivity contribution in [2.75, 3.05) is 50.1 Å². The summed E-state index contributed by atoms with van der Waals surface area (Å²) in [6.07, 6.45) is 2.05. The molecule has 1 amide bonds. The monoisotopic (exact) mass is 387 g/mol. The van der Waals surface area contributed by atoms with Crippen LogP contribution in [0.15, 0.2) is 48.5 Å². The summed E-state index contributed by atoms with van der Waals surface area (Å²) in [6.45, 7) is 4.16. The van der Waals surface area contributed by atoms with E-state index in [2.05, 4.69) is 41.1 Å².